The van der Waals surface area contributed by atoms with E-state index in [1.54, 1.807) is 0 Å². The zero-order valence-electron chi connectivity index (χ0n) is 13.9. The van der Waals surface area contributed by atoms with Crippen molar-refractivity contribution >= 4 is 17.1 Å². The van der Waals surface area contributed by atoms with Crippen molar-refractivity contribution in [3.8, 4) is 21.6 Å². The standard InChI is InChI=1S/C18H5F9OS/c1-4(28)5-2-6(29-3-5)7-8(11(20)15(24)14(23)10(7)19)9-12(21)16(25)18(27)17(26)13(9)22/h2-3H,1H3. The Hall–Kier alpha value is -2.82. The van der Waals surface area contributed by atoms with Gasteiger partial charge in [-0.2, -0.15) is 0 Å². The highest BCUT2D eigenvalue weighted by Crippen LogP contribution is 2.44. The molecule has 0 atom stereocenters. The summed E-state index contributed by atoms with van der Waals surface area (Å²) in [5.41, 5.74) is -5.10. The van der Waals surface area contributed by atoms with Gasteiger partial charge in [0, 0.05) is 26.9 Å². The van der Waals surface area contributed by atoms with Crippen LogP contribution in [0.25, 0.3) is 21.6 Å². The average molecular weight is 440 g/mol. The number of benzene rings is 2. The number of carbonyl (C=O) groups is 1. The molecular formula is C18H5F9OS. The minimum atomic E-state index is -2.58. The zero-order chi connectivity index (χ0) is 21.8. The van der Waals surface area contributed by atoms with Crippen LogP contribution in [0.1, 0.15) is 17.3 Å². The second-order valence-corrected chi connectivity index (χ2v) is 6.62. The summed E-state index contributed by atoms with van der Waals surface area (Å²) >= 11 is 0.477. The van der Waals surface area contributed by atoms with Gasteiger partial charge in [0.2, 0.25) is 5.82 Å². The first-order valence-corrected chi connectivity index (χ1v) is 8.34. The molecule has 1 heterocycles. The van der Waals surface area contributed by atoms with Crippen LogP contribution in [-0.2, 0) is 0 Å². The predicted molar refractivity (Wildman–Crippen MR) is 84.8 cm³/mol. The molecule has 0 spiro atoms. The van der Waals surface area contributed by atoms with E-state index in [1.807, 2.05) is 0 Å². The van der Waals surface area contributed by atoms with Crippen molar-refractivity contribution in [1.82, 2.24) is 0 Å². The first-order chi connectivity index (χ1) is 13.5. The second kappa shape index (κ2) is 7.21. The summed E-state index contributed by atoms with van der Waals surface area (Å²) in [6, 6.07) is 0.873. The number of halogens is 9. The van der Waals surface area contributed by atoms with Gasteiger partial charge in [-0.25, -0.2) is 39.5 Å². The lowest BCUT2D eigenvalue weighted by atomic mass is 9.95. The third kappa shape index (κ3) is 3.09. The molecule has 11 heteroatoms. The number of ketones is 1. The first-order valence-electron chi connectivity index (χ1n) is 7.46. The maximum absolute atomic E-state index is 14.5. The van der Waals surface area contributed by atoms with Crippen LogP contribution in [0, 0.1) is 52.4 Å². The molecule has 0 aliphatic carbocycles. The van der Waals surface area contributed by atoms with Crippen molar-refractivity contribution in [2.75, 3.05) is 0 Å². The van der Waals surface area contributed by atoms with Gasteiger partial charge in [-0.15, -0.1) is 11.3 Å². The number of Topliss-reactive ketones (excluding diaryl/α,β-unsaturated/α-hetero) is 1. The van der Waals surface area contributed by atoms with E-state index < -0.39 is 79.7 Å². The molecule has 0 amide bonds. The Balaban J connectivity index is 2.53. The number of thiophene rings is 1. The Morgan fingerprint density at radius 1 is 0.621 bits per heavy atom. The van der Waals surface area contributed by atoms with Crippen molar-refractivity contribution in [2.24, 2.45) is 0 Å². The highest BCUT2D eigenvalue weighted by atomic mass is 32.1. The van der Waals surface area contributed by atoms with Gasteiger partial charge in [0.15, 0.2) is 52.3 Å². The maximum atomic E-state index is 14.5. The molecular weight excluding hydrogens is 435 g/mol. The van der Waals surface area contributed by atoms with Crippen LogP contribution in [0.5, 0.6) is 0 Å². The Morgan fingerprint density at radius 3 is 1.41 bits per heavy atom. The summed E-state index contributed by atoms with van der Waals surface area (Å²) in [7, 11) is 0. The summed E-state index contributed by atoms with van der Waals surface area (Å²) < 4.78 is 125. The molecule has 29 heavy (non-hydrogen) atoms. The topological polar surface area (TPSA) is 17.1 Å². The number of rotatable bonds is 3. The van der Waals surface area contributed by atoms with Crippen molar-refractivity contribution in [1.29, 1.82) is 0 Å². The van der Waals surface area contributed by atoms with Gasteiger partial charge in [0.1, 0.15) is 0 Å². The lowest BCUT2D eigenvalue weighted by Gasteiger charge is -2.15. The van der Waals surface area contributed by atoms with Crippen LogP contribution < -0.4 is 0 Å². The van der Waals surface area contributed by atoms with Crippen LogP contribution >= 0.6 is 11.3 Å². The summed E-state index contributed by atoms with van der Waals surface area (Å²) in [6.45, 7) is 1.08. The van der Waals surface area contributed by atoms with Crippen LogP contribution in [0.4, 0.5) is 39.5 Å². The summed E-state index contributed by atoms with van der Waals surface area (Å²) in [4.78, 5) is 10.9. The van der Waals surface area contributed by atoms with Crippen LogP contribution in [-0.4, -0.2) is 5.78 Å². The van der Waals surface area contributed by atoms with E-state index in [4.69, 9.17) is 0 Å². The van der Waals surface area contributed by atoms with E-state index in [-0.39, 0.29) is 5.56 Å². The molecule has 0 radical (unpaired) electrons. The molecule has 0 N–H and O–H groups in total. The lowest BCUT2D eigenvalue weighted by Crippen LogP contribution is -2.09. The molecule has 0 bridgehead atoms. The maximum Gasteiger partial charge on any atom is 0.200 e. The van der Waals surface area contributed by atoms with Gasteiger partial charge in [0.25, 0.3) is 0 Å². The predicted octanol–water partition coefficient (Wildman–Crippen LogP) is 6.54. The molecule has 0 aliphatic heterocycles. The Bertz CT molecular complexity index is 1150. The molecule has 1 nitrogen and oxygen atoms in total. The normalized spacial score (nSPS) is 11.2. The minimum Gasteiger partial charge on any atom is -0.294 e. The largest absolute Gasteiger partial charge is 0.294 e. The lowest BCUT2D eigenvalue weighted by molar-refractivity contribution is 0.101. The summed E-state index contributed by atoms with van der Waals surface area (Å²) in [6.07, 6.45) is 0. The highest BCUT2D eigenvalue weighted by molar-refractivity contribution is 7.14. The fraction of sp³-hybridized carbons (Fsp3) is 0.0556. The molecule has 1 aromatic heterocycles. The van der Waals surface area contributed by atoms with E-state index >= 15 is 0 Å². The van der Waals surface area contributed by atoms with Crippen LogP contribution in [0.3, 0.4) is 0 Å². The molecule has 0 saturated heterocycles. The molecule has 0 saturated carbocycles. The Kier molecular flexibility index (Phi) is 5.20. The average Bonchev–Trinajstić information content (AvgIpc) is 3.17. The van der Waals surface area contributed by atoms with E-state index in [1.165, 1.54) is 0 Å². The third-order valence-corrected chi connectivity index (χ3v) is 4.93. The fourth-order valence-corrected chi connectivity index (χ4v) is 3.57. The van der Waals surface area contributed by atoms with Crippen LogP contribution in [0.2, 0.25) is 0 Å². The molecule has 0 fully saturated rings. The van der Waals surface area contributed by atoms with Crippen molar-refractivity contribution < 1.29 is 44.3 Å². The van der Waals surface area contributed by atoms with Crippen molar-refractivity contribution in [3.63, 3.8) is 0 Å². The van der Waals surface area contributed by atoms with Crippen LogP contribution in [0.15, 0.2) is 11.4 Å². The van der Waals surface area contributed by atoms with Crippen molar-refractivity contribution in [3.05, 3.63) is 69.4 Å². The molecule has 2 aromatic carbocycles. The Morgan fingerprint density at radius 2 is 1.00 bits per heavy atom. The van der Waals surface area contributed by atoms with Gasteiger partial charge in [-0.3, -0.25) is 4.79 Å². The minimum absolute atomic E-state index is 0.0992. The van der Waals surface area contributed by atoms with E-state index in [0.717, 1.165) is 18.4 Å². The van der Waals surface area contributed by atoms with Gasteiger partial charge in [-0.05, 0) is 13.0 Å². The summed E-state index contributed by atoms with van der Waals surface area (Å²) in [5, 5.41) is 1.10. The highest BCUT2D eigenvalue weighted by Gasteiger charge is 2.35. The molecule has 3 rings (SSSR count). The quantitative estimate of drug-likeness (QED) is 0.196. The summed E-state index contributed by atoms with van der Waals surface area (Å²) in [5.74, 6) is -22.7. The van der Waals surface area contributed by atoms with Gasteiger partial charge >= 0.3 is 0 Å². The second-order valence-electron chi connectivity index (χ2n) is 5.71. The number of carbonyl (C=O) groups excluding carboxylic acids is 1. The SMILES string of the molecule is CC(=O)c1csc(-c2c(F)c(F)c(F)c(F)c2-c2c(F)c(F)c(F)c(F)c2F)c1. The van der Waals surface area contributed by atoms with E-state index in [9.17, 15) is 44.3 Å². The van der Waals surface area contributed by atoms with E-state index in [2.05, 4.69) is 0 Å². The zero-order valence-corrected chi connectivity index (χ0v) is 14.7. The number of hydrogen-bond acceptors (Lipinski definition) is 2. The molecule has 152 valence electrons. The molecule has 0 aliphatic rings. The van der Waals surface area contributed by atoms with Gasteiger partial charge in [0.05, 0.1) is 5.56 Å². The smallest absolute Gasteiger partial charge is 0.200 e. The van der Waals surface area contributed by atoms with Gasteiger partial charge < -0.3 is 0 Å². The van der Waals surface area contributed by atoms with Gasteiger partial charge in [-0.1, -0.05) is 0 Å². The van der Waals surface area contributed by atoms with E-state index in [0.29, 0.717) is 11.3 Å². The van der Waals surface area contributed by atoms with Crippen molar-refractivity contribution in [2.45, 2.75) is 6.92 Å². The number of hydrogen-bond donors (Lipinski definition) is 0. The Labute approximate surface area is 160 Å². The molecule has 0 unspecified atom stereocenters. The monoisotopic (exact) mass is 440 g/mol. The molecule has 3 aromatic rings. The fourth-order valence-electron chi connectivity index (χ4n) is 2.57. The first kappa shape index (κ1) is 20.9. The third-order valence-electron chi connectivity index (χ3n) is 3.98.